The third kappa shape index (κ3) is 6.59. The Kier molecular flexibility index (Phi) is 9.66. The molecule has 2 N–H and O–H groups in total. The zero-order chi connectivity index (χ0) is 16.7. The molecule has 5 heteroatoms. The van der Waals surface area contributed by atoms with Gasteiger partial charge in [-0.3, -0.25) is 9.89 Å². The number of hydrogen-bond donors (Lipinski definition) is 2. The number of benzene rings is 1. The molecule has 0 saturated carbocycles. The van der Waals surface area contributed by atoms with Gasteiger partial charge in [-0.25, -0.2) is 0 Å². The van der Waals surface area contributed by atoms with E-state index in [0.717, 1.165) is 19.0 Å². The normalized spacial score (nSPS) is 19.9. The summed E-state index contributed by atoms with van der Waals surface area (Å²) in [5.74, 6) is 1.51. The largest absolute Gasteiger partial charge is 0.355 e. The average molecular weight is 444 g/mol. The summed E-state index contributed by atoms with van der Waals surface area (Å²) < 4.78 is 0. The maximum absolute atomic E-state index is 4.36. The first-order valence-electron chi connectivity index (χ1n) is 8.85. The zero-order valence-corrected chi connectivity index (χ0v) is 17.8. The summed E-state index contributed by atoms with van der Waals surface area (Å²) >= 11 is 0. The maximum atomic E-state index is 4.36. The number of hydrogen-bond acceptors (Lipinski definition) is 2. The second-order valence-corrected chi connectivity index (χ2v) is 6.88. The molecule has 1 fully saturated rings. The summed E-state index contributed by atoms with van der Waals surface area (Å²) in [6.45, 7) is 9.84. The minimum Gasteiger partial charge on any atom is -0.355 e. The quantitative estimate of drug-likeness (QED) is 0.401. The molecule has 2 rings (SSSR count). The van der Waals surface area contributed by atoms with Gasteiger partial charge in [-0.2, -0.15) is 0 Å². The molecule has 0 amide bonds. The van der Waals surface area contributed by atoms with Crippen molar-refractivity contribution in [2.75, 3.05) is 20.1 Å². The summed E-state index contributed by atoms with van der Waals surface area (Å²) in [5.41, 5.74) is 1.40. The highest BCUT2D eigenvalue weighted by molar-refractivity contribution is 14.0. The molecule has 2 atom stereocenters. The Labute approximate surface area is 164 Å². The Morgan fingerprint density at radius 1 is 1.25 bits per heavy atom. The first-order valence-corrected chi connectivity index (χ1v) is 8.85. The lowest BCUT2D eigenvalue weighted by molar-refractivity contribution is 0.245. The van der Waals surface area contributed by atoms with Crippen LogP contribution in [0.3, 0.4) is 0 Å². The molecular formula is C19H33IN4. The molecule has 0 spiro atoms. The van der Waals surface area contributed by atoms with Gasteiger partial charge in [-0.15, -0.1) is 24.0 Å². The van der Waals surface area contributed by atoms with Crippen LogP contribution in [0.2, 0.25) is 0 Å². The van der Waals surface area contributed by atoms with Crippen LogP contribution in [0.15, 0.2) is 35.3 Å². The first-order chi connectivity index (χ1) is 11.1. The van der Waals surface area contributed by atoms with Crippen molar-refractivity contribution < 1.29 is 0 Å². The molecule has 1 aliphatic heterocycles. The summed E-state index contributed by atoms with van der Waals surface area (Å²) in [6.07, 6.45) is 2.55. The molecule has 1 aromatic rings. The van der Waals surface area contributed by atoms with Crippen molar-refractivity contribution in [3.8, 4) is 0 Å². The fourth-order valence-electron chi connectivity index (χ4n) is 2.94. The SMILES string of the molecule is CN=C(NCC1CCCN1Cc1ccccc1)NC(C)C(C)C.I. The van der Waals surface area contributed by atoms with Crippen LogP contribution >= 0.6 is 24.0 Å². The fraction of sp³-hybridized carbons (Fsp3) is 0.632. The number of nitrogens with zero attached hydrogens (tertiary/aromatic N) is 2. The molecule has 136 valence electrons. The van der Waals surface area contributed by atoms with E-state index in [2.05, 4.69) is 71.6 Å². The highest BCUT2D eigenvalue weighted by Gasteiger charge is 2.24. The minimum atomic E-state index is 0. The summed E-state index contributed by atoms with van der Waals surface area (Å²) in [5, 5.41) is 6.99. The number of likely N-dealkylation sites (tertiary alicyclic amines) is 1. The van der Waals surface area contributed by atoms with E-state index in [0.29, 0.717) is 18.0 Å². The number of guanidine groups is 1. The molecule has 24 heavy (non-hydrogen) atoms. The van der Waals surface area contributed by atoms with Crippen molar-refractivity contribution in [2.24, 2.45) is 10.9 Å². The van der Waals surface area contributed by atoms with E-state index in [1.54, 1.807) is 0 Å². The van der Waals surface area contributed by atoms with Crippen LogP contribution in [-0.2, 0) is 6.54 Å². The molecule has 0 aliphatic carbocycles. The first kappa shape index (κ1) is 21.2. The van der Waals surface area contributed by atoms with E-state index >= 15 is 0 Å². The van der Waals surface area contributed by atoms with Gasteiger partial charge in [0.1, 0.15) is 0 Å². The third-order valence-electron chi connectivity index (χ3n) is 4.82. The Balaban J connectivity index is 0.00000288. The summed E-state index contributed by atoms with van der Waals surface area (Å²) in [7, 11) is 1.85. The van der Waals surface area contributed by atoms with E-state index in [1.807, 2.05) is 7.05 Å². The van der Waals surface area contributed by atoms with Crippen molar-refractivity contribution in [1.82, 2.24) is 15.5 Å². The number of rotatable bonds is 6. The minimum absolute atomic E-state index is 0. The number of halogens is 1. The van der Waals surface area contributed by atoms with Gasteiger partial charge in [0.25, 0.3) is 0 Å². The molecular weight excluding hydrogens is 411 g/mol. The Hall–Kier alpha value is -0.820. The molecule has 1 aliphatic rings. The summed E-state index contributed by atoms with van der Waals surface area (Å²) in [6, 6.07) is 11.8. The Morgan fingerprint density at radius 3 is 2.58 bits per heavy atom. The molecule has 0 bridgehead atoms. The van der Waals surface area contributed by atoms with Crippen molar-refractivity contribution in [1.29, 1.82) is 0 Å². The van der Waals surface area contributed by atoms with Crippen LogP contribution < -0.4 is 10.6 Å². The zero-order valence-electron chi connectivity index (χ0n) is 15.5. The third-order valence-corrected chi connectivity index (χ3v) is 4.82. The van der Waals surface area contributed by atoms with Crippen LogP contribution in [0.4, 0.5) is 0 Å². The number of aliphatic imine (C=N–C) groups is 1. The van der Waals surface area contributed by atoms with Gasteiger partial charge < -0.3 is 10.6 Å². The lowest BCUT2D eigenvalue weighted by atomic mass is 10.1. The monoisotopic (exact) mass is 444 g/mol. The highest BCUT2D eigenvalue weighted by atomic mass is 127. The standard InChI is InChI=1S/C19H32N4.HI/c1-15(2)16(3)22-19(20-4)21-13-18-11-8-12-23(18)14-17-9-6-5-7-10-17;/h5-7,9-10,15-16,18H,8,11-14H2,1-4H3,(H2,20,21,22);1H. The lowest BCUT2D eigenvalue weighted by Gasteiger charge is -2.27. The van der Waals surface area contributed by atoms with Gasteiger partial charge in [0, 0.05) is 32.2 Å². The van der Waals surface area contributed by atoms with Crippen molar-refractivity contribution >= 4 is 29.9 Å². The smallest absolute Gasteiger partial charge is 0.191 e. The lowest BCUT2D eigenvalue weighted by Crippen LogP contribution is -2.48. The average Bonchev–Trinajstić information content (AvgIpc) is 2.99. The molecule has 4 nitrogen and oxygen atoms in total. The number of nitrogens with one attached hydrogen (secondary N) is 2. The van der Waals surface area contributed by atoms with Crippen LogP contribution in [0.1, 0.15) is 39.2 Å². The Morgan fingerprint density at radius 2 is 1.96 bits per heavy atom. The summed E-state index contributed by atoms with van der Waals surface area (Å²) in [4.78, 5) is 6.94. The van der Waals surface area contributed by atoms with Gasteiger partial charge >= 0.3 is 0 Å². The van der Waals surface area contributed by atoms with E-state index < -0.39 is 0 Å². The van der Waals surface area contributed by atoms with Gasteiger partial charge in [0.05, 0.1) is 0 Å². The van der Waals surface area contributed by atoms with Gasteiger partial charge in [0.15, 0.2) is 5.96 Å². The molecule has 1 saturated heterocycles. The van der Waals surface area contributed by atoms with Gasteiger partial charge in [-0.1, -0.05) is 44.2 Å². The highest BCUT2D eigenvalue weighted by Crippen LogP contribution is 2.19. The van der Waals surface area contributed by atoms with E-state index in [4.69, 9.17) is 0 Å². The topological polar surface area (TPSA) is 39.7 Å². The molecule has 1 heterocycles. The van der Waals surface area contributed by atoms with Gasteiger partial charge in [0.2, 0.25) is 0 Å². The molecule has 1 aromatic carbocycles. The second-order valence-electron chi connectivity index (χ2n) is 6.88. The van der Waals surface area contributed by atoms with E-state index in [9.17, 15) is 0 Å². The van der Waals surface area contributed by atoms with Gasteiger partial charge in [-0.05, 0) is 37.8 Å². The predicted molar refractivity (Wildman–Crippen MR) is 114 cm³/mol. The van der Waals surface area contributed by atoms with Crippen molar-refractivity contribution in [2.45, 2.75) is 52.2 Å². The molecule has 0 radical (unpaired) electrons. The van der Waals surface area contributed by atoms with Crippen molar-refractivity contribution in [3.63, 3.8) is 0 Å². The van der Waals surface area contributed by atoms with E-state index in [-0.39, 0.29) is 24.0 Å². The Bertz CT molecular complexity index is 489. The molecule has 2 unspecified atom stereocenters. The van der Waals surface area contributed by atoms with Crippen LogP contribution in [0.5, 0.6) is 0 Å². The maximum Gasteiger partial charge on any atom is 0.191 e. The second kappa shape index (κ2) is 10.9. The van der Waals surface area contributed by atoms with E-state index in [1.165, 1.54) is 24.9 Å². The van der Waals surface area contributed by atoms with Crippen LogP contribution in [0, 0.1) is 5.92 Å². The van der Waals surface area contributed by atoms with Crippen LogP contribution in [-0.4, -0.2) is 43.1 Å². The van der Waals surface area contributed by atoms with Crippen LogP contribution in [0.25, 0.3) is 0 Å². The van der Waals surface area contributed by atoms with Crippen molar-refractivity contribution in [3.05, 3.63) is 35.9 Å². The predicted octanol–water partition coefficient (Wildman–Crippen LogP) is 3.48. The molecule has 0 aromatic heterocycles. The fourth-order valence-corrected chi connectivity index (χ4v) is 2.94.